The Labute approximate surface area is 105 Å². The number of benzene rings is 1. The fourth-order valence-electron chi connectivity index (χ4n) is 1.22. The molecule has 1 aromatic carbocycles. The zero-order valence-corrected chi connectivity index (χ0v) is 10.3. The van der Waals surface area contributed by atoms with Gasteiger partial charge in [0.2, 0.25) is 0 Å². The molecule has 1 rings (SSSR count). The first-order chi connectivity index (χ1) is 8.67. The van der Waals surface area contributed by atoms with Crippen molar-refractivity contribution in [1.29, 1.82) is 0 Å². The lowest BCUT2D eigenvalue weighted by Gasteiger charge is -2.02. The number of ether oxygens (including phenoxy) is 3. The molecule has 0 saturated heterocycles. The Balaban J connectivity index is 2.56. The van der Waals surface area contributed by atoms with Crippen molar-refractivity contribution in [2.45, 2.75) is 0 Å². The Morgan fingerprint density at radius 3 is 2.72 bits per heavy atom. The van der Waals surface area contributed by atoms with E-state index in [-0.39, 0.29) is 12.4 Å². The van der Waals surface area contributed by atoms with Crippen molar-refractivity contribution < 1.29 is 23.4 Å². The Morgan fingerprint density at radius 1 is 1.33 bits per heavy atom. The molecule has 0 aliphatic heterocycles. The highest BCUT2D eigenvalue weighted by Crippen LogP contribution is 2.18. The fraction of sp³-hybridized carbons (Fsp3) is 0.308. The summed E-state index contributed by atoms with van der Waals surface area (Å²) in [5.74, 6) is -0.814. The summed E-state index contributed by atoms with van der Waals surface area (Å²) < 4.78 is 27.7. The Bertz CT molecular complexity index is 429. The lowest BCUT2D eigenvalue weighted by molar-refractivity contribution is -0.138. The summed E-state index contributed by atoms with van der Waals surface area (Å²) in [5, 5.41) is 0. The molecule has 0 N–H and O–H groups in total. The van der Waals surface area contributed by atoms with E-state index in [2.05, 4.69) is 0 Å². The summed E-state index contributed by atoms with van der Waals surface area (Å²) >= 11 is 0. The van der Waals surface area contributed by atoms with Crippen LogP contribution in [-0.4, -0.2) is 33.4 Å². The van der Waals surface area contributed by atoms with Gasteiger partial charge in [0.25, 0.3) is 0 Å². The zero-order valence-electron chi connectivity index (χ0n) is 10.3. The van der Waals surface area contributed by atoms with Gasteiger partial charge in [-0.05, 0) is 23.8 Å². The standard InChI is InChI=1S/C13H15FO4/c1-16-7-8-18-13(15)6-4-10-3-5-12(17-2)11(14)9-10/h3-6,9H,7-8H2,1-2H3. The summed E-state index contributed by atoms with van der Waals surface area (Å²) in [6, 6.07) is 4.41. The first-order valence-corrected chi connectivity index (χ1v) is 5.34. The van der Waals surface area contributed by atoms with E-state index < -0.39 is 11.8 Å². The van der Waals surface area contributed by atoms with Gasteiger partial charge >= 0.3 is 5.97 Å². The minimum absolute atomic E-state index is 0.162. The molecule has 1 aromatic rings. The summed E-state index contributed by atoms with van der Waals surface area (Å²) in [4.78, 5) is 11.2. The largest absolute Gasteiger partial charge is 0.494 e. The summed E-state index contributed by atoms with van der Waals surface area (Å²) in [5.41, 5.74) is 0.553. The van der Waals surface area contributed by atoms with Crippen molar-refractivity contribution in [3.8, 4) is 5.75 Å². The summed E-state index contributed by atoms with van der Waals surface area (Å²) in [7, 11) is 2.91. The summed E-state index contributed by atoms with van der Waals surface area (Å²) in [6.45, 7) is 0.535. The molecule has 18 heavy (non-hydrogen) atoms. The van der Waals surface area contributed by atoms with E-state index in [0.29, 0.717) is 12.2 Å². The number of carbonyl (C=O) groups is 1. The highest BCUT2D eigenvalue weighted by molar-refractivity contribution is 5.87. The lowest BCUT2D eigenvalue weighted by atomic mass is 10.2. The van der Waals surface area contributed by atoms with Crippen molar-refractivity contribution >= 4 is 12.0 Å². The first kappa shape index (κ1) is 14.2. The van der Waals surface area contributed by atoms with Crippen LogP contribution >= 0.6 is 0 Å². The minimum Gasteiger partial charge on any atom is -0.494 e. The molecule has 0 bridgehead atoms. The van der Waals surface area contributed by atoms with Crippen LogP contribution in [0.25, 0.3) is 6.08 Å². The van der Waals surface area contributed by atoms with Crippen LogP contribution in [0.3, 0.4) is 0 Å². The molecule has 0 aliphatic rings. The van der Waals surface area contributed by atoms with Crippen LogP contribution in [-0.2, 0) is 14.3 Å². The van der Waals surface area contributed by atoms with Gasteiger partial charge in [-0.2, -0.15) is 0 Å². The number of rotatable bonds is 6. The second kappa shape index (κ2) is 7.45. The second-order valence-electron chi connectivity index (χ2n) is 3.39. The molecular weight excluding hydrogens is 239 g/mol. The Kier molecular flexibility index (Phi) is 5.87. The molecular formula is C13H15FO4. The first-order valence-electron chi connectivity index (χ1n) is 5.34. The van der Waals surface area contributed by atoms with Crippen LogP contribution < -0.4 is 4.74 Å². The maximum Gasteiger partial charge on any atom is 0.330 e. The molecule has 0 heterocycles. The van der Waals surface area contributed by atoms with E-state index in [1.54, 1.807) is 6.07 Å². The van der Waals surface area contributed by atoms with Gasteiger partial charge in [-0.3, -0.25) is 0 Å². The lowest BCUT2D eigenvalue weighted by Crippen LogP contribution is -2.06. The third-order valence-corrected chi connectivity index (χ3v) is 2.12. The third kappa shape index (κ3) is 4.55. The predicted octanol–water partition coefficient (Wildman–Crippen LogP) is 2.04. The normalized spacial score (nSPS) is 10.6. The fourth-order valence-corrected chi connectivity index (χ4v) is 1.22. The molecule has 0 spiro atoms. The van der Waals surface area contributed by atoms with Crippen LogP contribution in [0, 0.1) is 5.82 Å². The van der Waals surface area contributed by atoms with Gasteiger partial charge in [0, 0.05) is 13.2 Å². The van der Waals surface area contributed by atoms with Gasteiger partial charge in [0.15, 0.2) is 11.6 Å². The van der Waals surface area contributed by atoms with Crippen molar-refractivity contribution in [2.75, 3.05) is 27.4 Å². The maximum atomic E-state index is 13.3. The molecule has 4 nitrogen and oxygen atoms in total. The van der Waals surface area contributed by atoms with Gasteiger partial charge in [-0.25, -0.2) is 9.18 Å². The van der Waals surface area contributed by atoms with Gasteiger partial charge < -0.3 is 14.2 Å². The Hall–Kier alpha value is -1.88. The average Bonchev–Trinajstić information content (AvgIpc) is 2.37. The molecule has 0 amide bonds. The third-order valence-electron chi connectivity index (χ3n) is 2.12. The number of esters is 1. The van der Waals surface area contributed by atoms with Gasteiger partial charge in [-0.15, -0.1) is 0 Å². The van der Waals surface area contributed by atoms with E-state index in [1.165, 1.54) is 38.5 Å². The maximum absolute atomic E-state index is 13.3. The van der Waals surface area contributed by atoms with Gasteiger partial charge in [-0.1, -0.05) is 6.07 Å². The van der Waals surface area contributed by atoms with Crippen LogP contribution in [0.4, 0.5) is 4.39 Å². The average molecular weight is 254 g/mol. The van der Waals surface area contributed by atoms with E-state index in [1.807, 2.05) is 0 Å². The molecule has 0 atom stereocenters. The topological polar surface area (TPSA) is 44.8 Å². The van der Waals surface area contributed by atoms with Crippen molar-refractivity contribution in [2.24, 2.45) is 0 Å². The summed E-state index contributed by atoms with van der Waals surface area (Å²) in [6.07, 6.45) is 2.70. The quantitative estimate of drug-likeness (QED) is 0.442. The zero-order chi connectivity index (χ0) is 13.4. The van der Waals surface area contributed by atoms with Crippen LogP contribution in [0.2, 0.25) is 0 Å². The SMILES string of the molecule is COCCOC(=O)C=Cc1ccc(OC)c(F)c1. The van der Waals surface area contributed by atoms with E-state index in [4.69, 9.17) is 14.2 Å². The highest BCUT2D eigenvalue weighted by atomic mass is 19.1. The number of carbonyl (C=O) groups excluding carboxylic acids is 1. The smallest absolute Gasteiger partial charge is 0.330 e. The van der Waals surface area contributed by atoms with Crippen LogP contribution in [0.15, 0.2) is 24.3 Å². The minimum atomic E-state index is -0.497. The van der Waals surface area contributed by atoms with Crippen molar-refractivity contribution in [3.05, 3.63) is 35.7 Å². The van der Waals surface area contributed by atoms with E-state index >= 15 is 0 Å². The van der Waals surface area contributed by atoms with Gasteiger partial charge in [0.05, 0.1) is 13.7 Å². The monoisotopic (exact) mass is 254 g/mol. The molecule has 0 fully saturated rings. The number of methoxy groups -OCH3 is 2. The van der Waals surface area contributed by atoms with E-state index in [0.717, 1.165) is 0 Å². The molecule has 0 unspecified atom stereocenters. The molecule has 98 valence electrons. The number of halogens is 1. The molecule has 0 aliphatic carbocycles. The molecule has 0 radical (unpaired) electrons. The van der Waals surface area contributed by atoms with Crippen molar-refractivity contribution in [1.82, 2.24) is 0 Å². The van der Waals surface area contributed by atoms with E-state index in [9.17, 15) is 9.18 Å². The van der Waals surface area contributed by atoms with Gasteiger partial charge in [0.1, 0.15) is 6.61 Å². The second-order valence-corrected chi connectivity index (χ2v) is 3.39. The molecule has 0 saturated carbocycles. The highest BCUT2D eigenvalue weighted by Gasteiger charge is 2.02. The van der Waals surface area contributed by atoms with Crippen molar-refractivity contribution in [3.63, 3.8) is 0 Å². The predicted molar refractivity (Wildman–Crippen MR) is 64.8 cm³/mol. The number of hydrogen-bond donors (Lipinski definition) is 0. The van der Waals surface area contributed by atoms with Crippen LogP contribution in [0.5, 0.6) is 5.75 Å². The Morgan fingerprint density at radius 2 is 2.11 bits per heavy atom. The molecule has 5 heteroatoms. The van der Waals surface area contributed by atoms with Crippen LogP contribution in [0.1, 0.15) is 5.56 Å². The number of hydrogen-bond acceptors (Lipinski definition) is 4. The molecule has 0 aromatic heterocycles.